The number of nitrogens with zero attached hydrogens (tertiary/aromatic N) is 5. The number of nitrogens with one attached hydrogen (secondary N) is 1. The Labute approximate surface area is 210 Å². The molecule has 5 rings (SSSR count). The molecule has 1 aliphatic heterocycles. The summed E-state index contributed by atoms with van der Waals surface area (Å²) < 4.78 is 18.0. The summed E-state index contributed by atoms with van der Waals surface area (Å²) in [6.07, 6.45) is 2.70. The molecule has 188 valence electrons. The number of pyridine rings is 3. The van der Waals surface area contributed by atoms with Gasteiger partial charge >= 0.3 is 5.63 Å². The van der Waals surface area contributed by atoms with Crippen LogP contribution < -0.4 is 21.2 Å². The van der Waals surface area contributed by atoms with Crippen molar-refractivity contribution in [2.75, 3.05) is 39.9 Å². The maximum atomic E-state index is 12.6. The third-order valence-corrected chi connectivity index (χ3v) is 6.40. The number of rotatable bonds is 8. The first-order chi connectivity index (χ1) is 17.5. The minimum absolute atomic E-state index is 0.0277. The molecule has 36 heavy (non-hydrogen) atoms. The number of fused-ring (bicyclic) bond motifs is 2. The van der Waals surface area contributed by atoms with Crippen molar-refractivity contribution in [1.82, 2.24) is 29.7 Å². The number of ether oxygens (including phenoxy) is 2. The van der Waals surface area contributed by atoms with Crippen molar-refractivity contribution in [1.29, 1.82) is 0 Å². The van der Waals surface area contributed by atoms with E-state index >= 15 is 0 Å². The minimum atomic E-state index is -0.549. The molecular weight excluding hydrogens is 488 g/mol. The molecule has 12 heteroatoms. The number of hydrogen-bond donors (Lipinski definition) is 1. The van der Waals surface area contributed by atoms with Gasteiger partial charge in [-0.05, 0) is 6.07 Å². The van der Waals surface area contributed by atoms with Gasteiger partial charge in [0.15, 0.2) is 11.2 Å². The molecule has 0 spiro atoms. The first kappa shape index (κ1) is 24.3. The van der Waals surface area contributed by atoms with Crippen molar-refractivity contribution < 1.29 is 13.9 Å². The van der Waals surface area contributed by atoms with Gasteiger partial charge in [-0.15, -0.1) is 0 Å². The molecule has 0 bridgehead atoms. The van der Waals surface area contributed by atoms with Crippen molar-refractivity contribution in [2.45, 2.75) is 19.2 Å². The molecule has 4 aromatic heterocycles. The van der Waals surface area contributed by atoms with E-state index in [1.54, 1.807) is 36.1 Å². The lowest BCUT2D eigenvalue weighted by atomic mass is 10.2. The molecule has 0 aliphatic carbocycles. The lowest BCUT2D eigenvalue weighted by Gasteiger charge is -2.33. The first-order valence-electron chi connectivity index (χ1n) is 11.5. The molecule has 0 aromatic carbocycles. The van der Waals surface area contributed by atoms with E-state index in [0.29, 0.717) is 54.9 Å². The SMILES string of the molecule is COc1cnc2ccc(=O)n(CCN3CCO[C@@H](CNCc4nc5ncc(=O)oc5cc4Cl)C3)c2c1. The van der Waals surface area contributed by atoms with Crippen molar-refractivity contribution in [2.24, 2.45) is 0 Å². The fourth-order valence-electron chi connectivity index (χ4n) is 4.23. The van der Waals surface area contributed by atoms with Crippen LogP contribution in [0.2, 0.25) is 5.02 Å². The van der Waals surface area contributed by atoms with Gasteiger partial charge in [-0.1, -0.05) is 11.6 Å². The molecule has 1 aliphatic rings. The Balaban J connectivity index is 1.18. The molecule has 1 N–H and O–H groups in total. The highest BCUT2D eigenvalue weighted by Crippen LogP contribution is 2.19. The standard InChI is InChI=1S/C24H25ClN6O5/c1-34-15-8-20-18(27-11-15)2-3-22(32)31(20)5-4-30-6-7-35-16(14-30)10-26-12-19-17(25)9-21-24(29-19)28-13-23(33)36-21/h2-3,8-9,11,13,16,26H,4-7,10,12,14H2,1H3/t16-/m0/s1. The Morgan fingerprint density at radius 3 is 2.94 bits per heavy atom. The molecule has 0 radical (unpaired) electrons. The van der Waals surface area contributed by atoms with E-state index in [9.17, 15) is 9.59 Å². The highest BCUT2D eigenvalue weighted by atomic mass is 35.5. The zero-order chi connectivity index (χ0) is 25.1. The van der Waals surface area contributed by atoms with Crippen LogP contribution >= 0.6 is 11.6 Å². The average molecular weight is 513 g/mol. The maximum Gasteiger partial charge on any atom is 0.355 e. The fourth-order valence-corrected chi connectivity index (χ4v) is 4.44. The molecule has 0 saturated carbocycles. The van der Waals surface area contributed by atoms with Crippen LogP contribution in [0.4, 0.5) is 0 Å². The van der Waals surface area contributed by atoms with Crippen LogP contribution in [0.15, 0.2) is 50.7 Å². The van der Waals surface area contributed by atoms with Crippen molar-refractivity contribution in [3.8, 4) is 5.75 Å². The molecule has 0 unspecified atom stereocenters. The first-order valence-corrected chi connectivity index (χ1v) is 11.9. The topological polar surface area (TPSA) is 125 Å². The van der Waals surface area contributed by atoms with Gasteiger partial charge < -0.3 is 23.8 Å². The van der Waals surface area contributed by atoms with Crippen LogP contribution in [-0.4, -0.2) is 70.4 Å². The Kier molecular flexibility index (Phi) is 7.23. The Morgan fingerprint density at radius 2 is 2.08 bits per heavy atom. The second-order valence-electron chi connectivity index (χ2n) is 8.44. The van der Waals surface area contributed by atoms with Crippen LogP contribution in [0.3, 0.4) is 0 Å². The van der Waals surface area contributed by atoms with Crippen LogP contribution in [-0.2, 0) is 17.8 Å². The summed E-state index contributed by atoms with van der Waals surface area (Å²) in [5.74, 6) is 0.612. The quantitative estimate of drug-likeness (QED) is 0.371. The second-order valence-corrected chi connectivity index (χ2v) is 8.85. The molecule has 4 aromatic rings. The molecule has 1 saturated heterocycles. The molecular formula is C24H25ClN6O5. The van der Waals surface area contributed by atoms with Crippen LogP contribution in [0.25, 0.3) is 22.3 Å². The average Bonchev–Trinajstić information content (AvgIpc) is 2.88. The van der Waals surface area contributed by atoms with E-state index in [-0.39, 0.29) is 17.2 Å². The largest absolute Gasteiger partial charge is 0.495 e. The van der Waals surface area contributed by atoms with Gasteiger partial charge in [0.1, 0.15) is 11.9 Å². The van der Waals surface area contributed by atoms with Crippen LogP contribution in [0.5, 0.6) is 5.75 Å². The lowest BCUT2D eigenvalue weighted by Crippen LogP contribution is -2.47. The summed E-state index contributed by atoms with van der Waals surface area (Å²) in [6, 6.07) is 6.66. The Bertz CT molecular complexity index is 1510. The van der Waals surface area contributed by atoms with Gasteiger partial charge in [-0.2, -0.15) is 0 Å². The third-order valence-electron chi connectivity index (χ3n) is 6.07. The van der Waals surface area contributed by atoms with Crippen molar-refractivity contribution in [3.05, 3.63) is 68.1 Å². The summed E-state index contributed by atoms with van der Waals surface area (Å²) in [5, 5.41) is 3.73. The van der Waals surface area contributed by atoms with Crippen LogP contribution in [0, 0.1) is 0 Å². The Morgan fingerprint density at radius 1 is 1.19 bits per heavy atom. The van der Waals surface area contributed by atoms with E-state index in [4.69, 9.17) is 25.5 Å². The van der Waals surface area contributed by atoms with Gasteiger partial charge in [0.25, 0.3) is 5.56 Å². The number of hydrogen-bond acceptors (Lipinski definition) is 10. The van der Waals surface area contributed by atoms with E-state index in [2.05, 4.69) is 25.2 Å². The predicted octanol–water partition coefficient (Wildman–Crippen LogP) is 1.45. The molecule has 5 heterocycles. The number of morpholine rings is 1. The van der Waals surface area contributed by atoms with E-state index in [1.165, 1.54) is 0 Å². The highest BCUT2D eigenvalue weighted by Gasteiger charge is 2.21. The highest BCUT2D eigenvalue weighted by molar-refractivity contribution is 6.31. The summed E-state index contributed by atoms with van der Waals surface area (Å²) >= 11 is 6.30. The normalized spacial score (nSPS) is 16.6. The molecule has 1 fully saturated rings. The van der Waals surface area contributed by atoms with E-state index in [1.807, 2.05) is 6.07 Å². The summed E-state index contributed by atoms with van der Waals surface area (Å²) in [4.78, 5) is 38.9. The summed E-state index contributed by atoms with van der Waals surface area (Å²) in [7, 11) is 1.58. The number of methoxy groups -OCH3 is 1. The zero-order valence-electron chi connectivity index (χ0n) is 19.6. The van der Waals surface area contributed by atoms with Gasteiger partial charge in [0, 0.05) is 57.5 Å². The molecule has 1 atom stereocenters. The van der Waals surface area contributed by atoms with Crippen molar-refractivity contribution >= 4 is 33.9 Å². The Hall–Kier alpha value is -3.38. The van der Waals surface area contributed by atoms with E-state index < -0.39 is 5.63 Å². The van der Waals surface area contributed by atoms with Gasteiger partial charge in [0.05, 0.1) is 47.8 Å². The van der Waals surface area contributed by atoms with Gasteiger partial charge in [0.2, 0.25) is 0 Å². The second kappa shape index (κ2) is 10.7. The van der Waals surface area contributed by atoms with Gasteiger partial charge in [-0.25, -0.2) is 14.8 Å². The predicted molar refractivity (Wildman–Crippen MR) is 134 cm³/mol. The maximum absolute atomic E-state index is 12.6. The monoisotopic (exact) mass is 512 g/mol. The molecule has 11 nitrogen and oxygen atoms in total. The fraction of sp³-hybridized carbons (Fsp3) is 0.375. The van der Waals surface area contributed by atoms with E-state index in [0.717, 1.165) is 30.3 Å². The zero-order valence-corrected chi connectivity index (χ0v) is 20.4. The number of halogens is 1. The number of aromatic nitrogens is 4. The minimum Gasteiger partial charge on any atom is -0.495 e. The van der Waals surface area contributed by atoms with Crippen LogP contribution in [0.1, 0.15) is 5.69 Å². The third kappa shape index (κ3) is 5.39. The van der Waals surface area contributed by atoms with Crippen molar-refractivity contribution in [3.63, 3.8) is 0 Å². The summed E-state index contributed by atoms with van der Waals surface area (Å²) in [6.45, 7) is 4.35. The lowest BCUT2D eigenvalue weighted by molar-refractivity contribution is -0.0280. The van der Waals surface area contributed by atoms with Gasteiger partial charge in [-0.3, -0.25) is 14.7 Å². The molecule has 0 amide bonds. The summed E-state index contributed by atoms with van der Waals surface area (Å²) in [5.41, 5.74) is 2.07. The smallest absolute Gasteiger partial charge is 0.355 e.